The monoisotopic (exact) mass is 230 g/mol. The third-order valence-electron chi connectivity index (χ3n) is 2.60. The molecule has 0 atom stereocenters. The minimum absolute atomic E-state index is 0.0847. The molecule has 0 aromatic carbocycles. The van der Waals surface area contributed by atoms with Crippen LogP contribution >= 0.6 is 0 Å². The van der Waals surface area contributed by atoms with E-state index in [1.54, 1.807) is 30.9 Å². The molecule has 1 amide bonds. The Labute approximate surface area is 99.5 Å². The van der Waals surface area contributed by atoms with Crippen LogP contribution in [0.1, 0.15) is 11.4 Å². The first-order valence-corrected chi connectivity index (χ1v) is 5.35. The van der Waals surface area contributed by atoms with Gasteiger partial charge in [0.15, 0.2) is 0 Å². The summed E-state index contributed by atoms with van der Waals surface area (Å²) in [5.74, 6) is -0.0847. The fraction of sp³-hybridized carbons (Fsp3) is 0.250. The minimum atomic E-state index is -0.0847. The molecule has 0 aliphatic carbocycles. The molecule has 0 aliphatic heterocycles. The van der Waals surface area contributed by atoms with E-state index in [-0.39, 0.29) is 12.5 Å². The topological polar surface area (TPSA) is 59.8 Å². The molecule has 0 aliphatic rings. The third-order valence-corrected chi connectivity index (χ3v) is 2.60. The number of hydrogen-bond acceptors (Lipinski definition) is 3. The van der Waals surface area contributed by atoms with Gasteiger partial charge in [-0.3, -0.25) is 9.78 Å². The van der Waals surface area contributed by atoms with Crippen LogP contribution in [0.4, 0.5) is 5.69 Å². The molecular formula is C12H14N4O. The predicted molar refractivity (Wildman–Crippen MR) is 64.6 cm³/mol. The van der Waals surface area contributed by atoms with Gasteiger partial charge in [-0.1, -0.05) is 0 Å². The second-order valence-corrected chi connectivity index (χ2v) is 3.83. The average Bonchev–Trinajstić information content (AvgIpc) is 2.62. The molecule has 0 fully saturated rings. The number of nitrogens with one attached hydrogen (secondary N) is 1. The SMILES string of the molecule is Cc1ncn(CC(=O)Nc2cccnc2)c1C. The van der Waals surface area contributed by atoms with Crippen LogP contribution in [0.3, 0.4) is 0 Å². The highest BCUT2D eigenvalue weighted by atomic mass is 16.1. The quantitative estimate of drug-likeness (QED) is 0.870. The summed E-state index contributed by atoms with van der Waals surface area (Å²) in [7, 11) is 0. The third kappa shape index (κ3) is 2.69. The zero-order chi connectivity index (χ0) is 12.3. The Morgan fingerprint density at radius 2 is 2.29 bits per heavy atom. The van der Waals surface area contributed by atoms with Crippen molar-refractivity contribution in [1.29, 1.82) is 0 Å². The van der Waals surface area contributed by atoms with Crippen LogP contribution in [0.25, 0.3) is 0 Å². The van der Waals surface area contributed by atoms with E-state index < -0.39 is 0 Å². The number of carbonyl (C=O) groups excluding carboxylic acids is 1. The highest BCUT2D eigenvalue weighted by Gasteiger charge is 2.07. The standard InChI is InChI=1S/C12H14N4O/c1-9-10(2)16(8-14-9)7-12(17)15-11-4-3-5-13-6-11/h3-6,8H,7H2,1-2H3,(H,15,17). The lowest BCUT2D eigenvalue weighted by Crippen LogP contribution is -2.19. The number of rotatable bonds is 3. The summed E-state index contributed by atoms with van der Waals surface area (Å²) >= 11 is 0. The van der Waals surface area contributed by atoms with Crippen LogP contribution in [0.15, 0.2) is 30.9 Å². The van der Waals surface area contributed by atoms with E-state index in [1.165, 1.54) is 0 Å². The summed E-state index contributed by atoms with van der Waals surface area (Å²) in [4.78, 5) is 19.8. The van der Waals surface area contributed by atoms with Gasteiger partial charge in [-0.05, 0) is 26.0 Å². The lowest BCUT2D eigenvalue weighted by molar-refractivity contribution is -0.116. The molecule has 0 unspecified atom stereocenters. The molecular weight excluding hydrogens is 216 g/mol. The van der Waals surface area contributed by atoms with Crippen molar-refractivity contribution >= 4 is 11.6 Å². The zero-order valence-electron chi connectivity index (χ0n) is 9.84. The maximum atomic E-state index is 11.8. The summed E-state index contributed by atoms with van der Waals surface area (Å²) in [5.41, 5.74) is 2.65. The summed E-state index contributed by atoms with van der Waals surface area (Å²) in [6.07, 6.45) is 4.95. The highest BCUT2D eigenvalue weighted by molar-refractivity contribution is 5.90. The van der Waals surface area contributed by atoms with Gasteiger partial charge < -0.3 is 9.88 Å². The van der Waals surface area contributed by atoms with Gasteiger partial charge in [0.1, 0.15) is 6.54 Å². The molecule has 2 aromatic heterocycles. The van der Waals surface area contributed by atoms with Crippen molar-refractivity contribution in [3.63, 3.8) is 0 Å². The number of aryl methyl sites for hydroxylation is 1. The largest absolute Gasteiger partial charge is 0.325 e. The molecule has 88 valence electrons. The maximum absolute atomic E-state index is 11.8. The van der Waals surface area contributed by atoms with Gasteiger partial charge in [0.05, 0.1) is 23.9 Å². The van der Waals surface area contributed by atoms with Crippen LogP contribution in [-0.4, -0.2) is 20.4 Å². The second-order valence-electron chi connectivity index (χ2n) is 3.83. The minimum Gasteiger partial charge on any atom is -0.325 e. The second kappa shape index (κ2) is 4.78. The Bertz CT molecular complexity index is 519. The van der Waals surface area contributed by atoms with Crippen molar-refractivity contribution in [2.24, 2.45) is 0 Å². The summed E-state index contributed by atoms with van der Waals surface area (Å²) in [5, 5.41) is 2.78. The number of imidazole rings is 1. The van der Waals surface area contributed by atoms with Gasteiger partial charge in [-0.15, -0.1) is 0 Å². The molecule has 0 saturated carbocycles. The van der Waals surface area contributed by atoms with E-state index in [9.17, 15) is 4.79 Å². The number of amides is 1. The molecule has 0 saturated heterocycles. The van der Waals surface area contributed by atoms with E-state index in [1.807, 2.05) is 18.4 Å². The van der Waals surface area contributed by atoms with Gasteiger partial charge >= 0.3 is 0 Å². The van der Waals surface area contributed by atoms with Crippen LogP contribution in [-0.2, 0) is 11.3 Å². The predicted octanol–water partition coefficient (Wildman–Crippen LogP) is 1.53. The first kappa shape index (κ1) is 11.3. The molecule has 5 nitrogen and oxygen atoms in total. The fourth-order valence-electron chi connectivity index (χ4n) is 1.50. The molecule has 0 spiro atoms. The van der Waals surface area contributed by atoms with E-state index in [0.29, 0.717) is 5.69 Å². The Balaban J connectivity index is 2.01. The highest BCUT2D eigenvalue weighted by Crippen LogP contribution is 2.06. The fourth-order valence-corrected chi connectivity index (χ4v) is 1.50. The van der Waals surface area contributed by atoms with Gasteiger partial charge in [0, 0.05) is 11.9 Å². The van der Waals surface area contributed by atoms with Crippen molar-refractivity contribution in [3.8, 4) is 0 Å². The summed E-state index contributed by atoms with van der Waals surface area (Å²) in [6, 6.07) is 3.58. The van der Waals surface area contributed by atoms with Crippen molar-refractivity contribution < 1.29 is 4.79 Å². The molecule has 0 radical (unpaired) electrons. The van der Waals surface area contributed by atoms with Crippen LogP contribution in [0.5, 0.6) is 0 Å². The smallest absolute Gasteiger partial charge is 0.244 e. The van der Waals surface area contributed by atoms with Crippen LogP contribution in [0, 0.1) is 13.8 Å². The first-order chi connectivity index (χ1) is 8.16. The first-order valence-electron chi connectivity index (χ1n) is 5.35. The Morgan fingerprint density at radius 3 is 2.88 bits per heavy atom. The van der Waals surface area contributed by atoms with Gasteiger partial charge in [0.25, 0.3) is 0 Å². The Hall–Kier alpha value is -2.17. The molecule has 0 bridgehead atoms. The number of nitrogens with zero attached hydrogens (tertiary/aromatic N) is 3. The lowest BCUT2D eigenvalue weighted by Gasteiger charge is -2.06. The Morgan fingerprint density at radius 1 is 1.47 bits per heavy atom. The van der Waals surface area contributed by atoms with Gasteiger partial charge in [-0.2, -0.15) is 0 Å². The number of pyridine rings is 1. The van der Waals surface area contributed by atoms with Crippen LogP contribution < -0.4 is 5.32 Å². The Kier molecular flexibility index (Phi) is 3.18. The molecule has 1 N–H and O–H groups in total. The molecule has 2 rings (SSSR count). The van der Waals surface area contributed by atoms with Crippen molar-refractivity contribution in [1.82, 2.24) is 14.5 Å². The van der Waals surface area contributed by atoms with Crippen molar-refractivity contribution in [2.75, 3.05) is 5.32 Å². The number of aromatic nitrogens is 3. The van der Waals surface area contributed by atoms with Gasteiger partial charge in [-0.25, -0.2) is 4.98 Å². The number of hydrogen-bond donors (Lipinski definition) is 1. The van der Waals surface area contributed by atoms with E-state index in [2.05, 4.69) is 15.3 Å². The van der Waals surface area contributed by atoms with Crippen molar-refractivity contribution in [3.05, 3.63) is 42.2 Å². The van der Waals surface area contributed by atoms with Gasteiger partial charge in [0.2, 0.25) is 5.91 Å². The molecule has 2 heterocycles. The zero-order valence-corrected chi connectivity index (χ0v) is 9.84. The van der Waals surface area contributed by atoms with E-state index in [4.69, 9.17) is 0 Å². The normalized spacial score (nSPS) is 10.2. The van der Waals surface area contributed by atoms with E-state index in [0.717, 1.165) is 11.4 Å². The van der Waals surface area contributed by atoms with Crippen molar-refractivity contribution in [2.45, 2.75) is 20.4 Å². The van der Waals surface area contributed by atoms with Crippen LogP contribution in [0.2, 0.25) is 0 Å². The molecule has 2 aromatic rings. The average molecular weight is 230 g/mol. The summed E-state index contributed by atoms with van der Waals surface area (Å²) in [6.45, 7) is 4.13. The number of carbonyl (C=O) groups is 1. The number of anilines is 1. The summed E-state index contributed by atoms with van der Waals surface area (Å²) < 4.78 is 1.82. The molecule has 5 heteroatoms. The maximum Gasteiger partial charge on any atom is 0.244 e. The lowest BCUT2D eigenvalue weighted by atomic mass is 10.3. The molecule has 17 heavy (non-hydrogen) atoms. The van der Waals surface area contributed by atoms with E-state index >= 15 is 0 Å².